The highest BCUT2D eigenvalue weighted by Crippen LogP contribution is 2.29. The van der Waals surface area contributed by atoms with Gasteiger partial charge in [-0.3, -0.25) is 9.69 Å². The van der Waals surface area contributed by atoms with Crippen LogP contribution >= 0.6 is 22.7 Å². The lowest BCUT2D eigenvalue weighted by Gasteiger charge is -2.36. The van der Waals surface area contributed by atoms with Crippen molar-refractivity contribution in [2.75, 3.05) is 44.2 Å². The smallest absolute Gasteiger partial charge is 0.263 e. The molecule has 28 heavy (non-hydrogen) atoms. The quantitative estimate of drug-likeness (QED) is 0.670. The Kier molecular flexibility index (Phi) is 6.04. The highest BCUT2D eigenvalue weighted by Gasteiger charge is 2.19. The number of aromatic nitrogens is 1. The van der Waals surface area contributed by atoms with Crippen LogP contribution in [0.5, 0.6) is 0 Å². The number of rotatable bonds is 6. The SMILES string of the molecule is Cc1nc(-c2ccsc2)sc1C(=O)NCCN1CCN(c2ccccc2)CC1. The molecule has 0 aliphatic carbocycles. The first kappa shape index (κ1) is 19.1. The summed E-state index contributed by atoms with van der Waals surface area (Å²) in [6.07, 6.45) is 0. The maximum Gasteiger partial charge on any atom is 0.263 e. The average Bonchev–Trinajstić information content (AvgIpc) is 3.39. The number of thiophene rings is 1. The normalized spacial score (nSPS) is 15.0. The van der Waals surface area contributed by atoms with Crippen LogP contribution in [0.25, 0.3) is 10.6 Å². The Balaban J connectivity index is 1.24. The third-order valence-corrected chi connectivity index (χ3v) is 6.87. The van der Waals surface area contributed by atoms with Gasteiger partial charge in [0.2, 0.25) is 0 Å². The molecule has 0 saturated carbocycles. The monoisotopic (exact) mass is 412 g/mol. The molecule has 1 aliphatic rings. The van der Waals surface area contributed by atoms with Gasteiger partial charge in [-0.1, -0.05) is 18.2 Å². The predicted octanol–water partition coefficient (Wildman–Crippen LogP) is 3.73. The third-order valence-electron chi connectivity index (χ3n) is 4.98. The van der Waals surface area contributed by atoms with Crippen LogP contribution in [0.15, 0.2) is 47.2 Å². The van der Waals surface area contributed by atoms with Crippen LogP contribution < -0.4 is 10.2 Å². The van der Waals surface area contributed by atoms with E-state index in [1.807, 2.05) is 18.4 Å². The van der Waals surface area contributed by atoms with Crippen LogP contribution in [0.3, 0.4) is 0 Å². The second kappa shape index (κ2) is 8.86. The molecule has 1 fully saturated rings. The molecule has 3 heterocycles. The van der Waals surface area contributed by atoms with Crippen molar-refractivity contribution < 1.29 is 4.79 Å². The number of anilines is 1. The zero-order valence-electron chi connectivity index (χ0n) is 15.9. The molecule has 5 nitrogen and oxygen atoms in total. The summed E-state index contributed by atoms with van der Waals surface area (Å²) in [6.45, 7) is 7.54. The van der Waals surface area contributed by atoms with Crippen LogP contribution in [0.1, 0.15) is 15.4 Å². The number of nitrogens with zero attached hydrogens (tertiary/aromatic N) is 3. The van der Waals surface area contributed by atoms with E-state index in [1.54, 1.807) is 11.3 Å². The van der Waals surface area contributed by atoms with Crippen molar-refractivity contribution in [3.05, 3.63) is 57.7 Å². The van der Waals surface area contributed by atoms with E-state index in [0.717, 1.165) is 53.9 Å². The molecule has 0 unspecified atom stereocenters. The molecular formula is C21H24N4OS2. The van der Waals surface area contributed by atoms with Gasteiger partial charge in [-0.2, -0.15) is 11.3 Å². The van der Waals surface area contributed by atoms with E-state index < -0.39 is 0 Å². The van der Waals surface area contributed by atoms with Crippen LogP contribution in [0, 0.1) is 6.92 Å². The summed E-state index contributed by atoms with van der Waals surface area (Å²) in [5.41, 5.74) is 3.19. The highest BCUT2D eigenvalue weighted by molar-refractivity contribution is 7.17. The first-order valence-corrected chi connectivity index (χ1v) is 11.3. The molecule has 1 N–H and O–H groups in total. The van der Waals surface area contributed by atoms with Gasteiger partial charge in [0.25, 0.3) is 5.91 Å². The fourth-order valence-corrected chi connectivity index (χ4v) is 5.09. The van der Waals surface area contributed by atoms with Crippen molar-refractivity contribution in [1.82, 2.24) is 15.2 Å². The fourth-order valence-electron chi connectivity index (χ4n) is 3.39. The number of benzene rings is 1. The first-order chi connectivity index (χ1) is 13.7. The molecular weight excluding hydrogens is 388 g/mol. The van der Waals surface area contributed by atoms with Crippen LogP contribution in [-0.4, -0.2) is 55.1 Å². The third kappa shape index (κ3) is 4.43. The Morgan fingerprint density at radius 3 is 2.64 bits per heavy atom. The van der Waals surface area contributed by atoms with Gasteiger partial charge in [-0.15, -0.1) is 11.3 Å². The zero-order chi connectivity index (χ0) is 19.3. The summed E-state index contributed by atoms with van der Waals surface area (Å²) in [4.78, 5) is 22.7. The van der Waals surface area contributed by atoms with Crippen molar-refractivity contribution in [2.24, 2.45) is 0 Å². The molecule has 2 aromatic heterocycles. The molecule has 146 valence electrons. The van der Waals surface area contributed by atoms with Crippen LogP contribution in [-0.2, 0) is 0 Å². The number of amides is 1. The van der Waals surface area contributed by atoms with Gasteiger partial charge in [0.15, 0.2) is 0 Å². The molecule has 1 aliphatic heterocycles. The summed E-state index contributed by atoms with van der Waals surface area (Å²) in [6, 6.07) is 12.6. The van der Waals surface area contributed by atoms with Gasteiger partial charge in [0.05, 0.1) is 5.69 Å². The second-order valence-corrected chi connectivity index (χ2v) is 8.64. The van der Waals surface area contributed by atoms with Gasteiger partial charge < -0.3 is 10.2 Å². The van der Waals surface area contributed by atoms with Crippen LogP contribution in [0.2, 0.25) is 0 Å². The lowest BCUT2D eigenvalue weighted by atomic mass is 10.2. The van der Waals surface area contributed by atoms with Gasteiger partial charge in [0.1, 0.15) is 9.88 Å². The molecule has 0 atom stereocenters. The van der Waals surface area contributed by atoms with Gasteiger partial charge in [-0.25, -0.2) is 4.98 Å². The van der Waals surface area contributed by atoms with Crippen molar-refractivity contribution >= 4 is 34.3 Å². The number of nitrogens with one attached hydrogen (secondary N) is 1. The Bertz CT molecular complexity index is 900. The lowest BCUT2D eigenvalue weighted by Crippen LogP contribution is -2.48. The Labute approximate surface area is 173 Å². The average molecular weight is 413 g/mol. The van der Waals surface area contributed by atoms with Crippen molar-refractivity contribution in [3.63, 3.8) is 0 Å². The van der Waals surface area contributed by atoms with E-state index in [-0.39, 0.29) is 5.91 Å². The molecule has 4 rings (SSSR count). The molecule has 0 bridgehead atoms. The Morgan fingerprint density at radius 1 is 1.14 bits per heavy atom. The van der Waals surface area contributed by atoms with Gasteiger partial charge in [0, 0.05) is 55.9 Å². The number of aryl methyl sites for hydroxylation is 1. The number of carbonyl (C=O) groups is 1. The van der Waals surface area contributed by atoms with E-state index in [0.29, 0.717) is 6.54 Å². The standard InChI is InChI=1S/C21H24N4OS2/c1-16-19(28-21(23-16)17-7-14-27-15-17)20(26)22-8-9-24-10-12-25(13-11-24)18-5-3-2-4-6-18/h2-7,14-15H,8-13H2,1H3,(H,22,26). The van der Waals surface area contributed by atoms with Gasteiger partial charge in [-0.05, 0) is 30.5 Å². The fraction of sp³-hybridized carbons (Fsp3) is 0.333. The summed E-state index contributed by atoms with van der Waals surface area (Å²) >= 11 is 3.12. The van der Waals surface area contributed by atoms with Gasteiger partial charge >= 0.3 is 0 Å². The molecule has 1 saturated heterocycles. The largest absolute Gasteiger partial charge is 0.369 e. The minimum atomic E-state index is -0.0144. The number of hydrogen-bond acceptors (Lipinski definition) is 6. The van der Waals surface area contributed by atoms with Crippen molar-refractivity contribution in [3.8, 4) is 10.6 Å². The van der Waals surface area contributed by atoms with Crippen LogP contribution in [0.4, 0.5) is 5.69 Å². The number of para-hydroxylation sites is 1. The Hall–Kier alpha value is -2.22. The number of hydrogen-bond donors (Lipinski definition) is 1. The van der Waals surface area contributed by atoms with E-state index >= 15 is 0 Å². The maximum atomic E-state index is 12.6. The molecule has 1 aromatic carbocycles. The Morgan fingerprint density at radius 2 is 1.93 bits per heavy atom. The molecule has 1 amide bonds. The molecule has 3 aromatic rings. The van der Waals surface area contributed by atoms with E-state index in [1.165, 1.54) is 17.0 Å². The van der Waals surface area contributed by atoms with Crippen molar-refractivity contribution in [1.29, 1.82) is 0 Å². The first-order valence-electron chi connectivity index (χ1n) is 9.51. The van der Waals surface area contributed by atoms with E-state index in [4.69, 9.17) is 0 Å². The summed E-state index contributed by atoms with van der Waals surface area (Å²) in [5.74, 6) is -0.0144. The number of thiazole rings is 1. The predicted molar refractivity (Wildman–Crippen MR) is 118 cm³/mol. The highest BCUT2D eigenvalue weighted by atomic mass is 32.1. The minimum absolute atomic E-state index is 0.0144. The molecule has 0 spiro atoms. The van der Waals surface area contributed by atoms with E-state index in [9.17, 15) is 4.79 Å². The summed E-state index contributed by atoms with van der Waals surface area (Å²) < 4.78 is 0. The van der Waals surface area contributed by atoms with E-state index in [2.05, 4.69) is 55.8 Å². The number of carbonyl (C=O) groups excluding carboxylic acids is 1. The summed E-state index contributed by atoms with van der Waals surface area (Å²) in [7, 11) is 0. The maximum absolute atomic E-state index is 12.6. The zero-order valence-corrected chi connectivity index (χ0v) is 17.6. The topological polar surface area (TPSA) is 48.5 Å². The second-order valence-electron chi connectivity index (χ2n) is 6.87. The lowest BCUT2D eigenvalue weighted by molar-refractivity contribution is 0.0951. The summed E-state index contributed by atoms with van der Waals surface area (Å²) in [5, 5.41) is 8.08. The minimum Gasteiger partial charge on any atom is -0.369 e. The number of piperazine rings is 1. The van der Waals surface area contributed by atoms with Crippen molar-refractivity contribution in [2.45, 2.75) is 6.92 Å². The molecule has 7 heteroatoms. The molecule has 0 radical (unpaired) electrons.